The molecule has 1 atom stereocenters. The maximum absolute atomic E-state index is 12.3. The van der Waals surface area contributed by atoms with Crippen molar-refractivity contribution in [3.8, 4) is 0 Å². The first kappa shape index (κ1) is 16.4. The molecular formula is C14H18N2O5S. The Bertz CT molecular complexity index is 712. The van der Waals surface area contributed by atoms with Gasteiger partial charge in [-0.05, 0) is 30.0 Å². The maximum atomic E-state index is 12.3. The molecule has 22 heavy (non-hydrogen) atoms. The van der Waals surface area contributed by atoms with E-state index in [1.807, 2.05) is 0 Å². The number of hydrogen-bond donors (Lipinski definition) is 3. The second-order valence-electron chi connectivity index (χ2n) is 5.51. The second-order valence-corrected chi connectivity index (χ2v) is 7.22. The normalized spacial score (nSPS) is 16.0. The summed E-state index contributed by atoms with van der Waals surface area (Å²) in [7, 11) is -4.02. The summed E-state index contributed by atoms with van der Waals surface area (Å²) in [5.74, 6) is -1.97. The van der Waals surface area contributed by atoms with E-state index in [-0.39, 0.29) is 10.8 Å². The average Bonchev–Trinajstić information content (AvgIpc) is 2.44. The highest BCUT2D eigenvalue weighted by Crippen LogP contribution is 2.20. The van der Waals surface area contributed by atoms with Gasteiger partial charge in [-0.1, -0.05) is 19.9 Å². The van der Waals surface area contributed by atoms with Crippen molar-refractivity contribution in [1.29, 1.82) is 0 Å². The SMILES string of the molecule is CC(C)[C@@H](NS(=O)(=O)c1ccc2c(c1)C(=O)NCC2)C(=O)O. The number of carboxylic acids is 1. The van der Waals surface area contributed by atoms with Crippen LogP contribution in [0, 0.1) is 5.92 Å². The molecule has 2 rings (SSSR count). The zero-order chi connectivity index (χ0) is 16.5. The molecule has 0 radical (unpaired) electrons. The summed E-state index contributed by atoms with van der Waals surface area (Å²) in [5.41, 5.74) is 1.09. The van der Waals surface area contributed by atoms with E-state index in [2.05, 4.69) is 10.0 Å². The lowest BCUT2D eigenvalue weighted by molar-refractivity contribution is -0.140. The number of sulfonamides is 1. The quantitative estimate of drug-likeness (QED) is 0.723. The Labute approximate surface area is 128 Å². The van der Waals surface area contributed by atoms with E-state index in [1.54, 1.807) is 19.9 Å². The van der Waals surface area contributed by atoms with Gasteiger partial charge in [0.15, 0.2) is 0 Å². The van der Waals surface area contributed by atoms with Gasteiger partial charge < -0.3 is 10.4 Å². The van der Waals surface area contributed by atoms with Crippen molar-refractivity contribution in [2.75, 3.05) is 6.54 Å². The predicted molar refractivity (Wildman–Crippen MR) is 79.1 cm³/mol. The minimum atomic E-state index is -4.02. The Morgan fingerprint density at radius 2 is 2.05 bits per heavy atom. The molecule has 1 heterocycles. The number of benzene rings is 1. The average molecular weight is 326 g/mol. The minimum absolute atomic E-state index is 0.116. The summed E-state index contributed by atoms with van der Waals surface area (Å²) < 4.78 is 26.8. The summed E-state index contributed by atoms with van der Waals surface area (Å²) in [6.07, 6.45) is 0.637. The Balaban J connectivity index is 2.36. The molecule has 0 fully saturated rings. The van der Waals surface area contributed by atoms with Gasteiger partial charge in [0.05, 0.1) is 4.90 Å². The van der Waals surface area contributed by atoms with E-state index in [4.69, 9.17) is 5.11 Å². The Hall–Kier alpha value is -1.93. The number of nitrogens with one attached hydrogen (secondary N) is 2. The van der Waals surface area contributed by atoms with Crippen molar-refractivity contribution in [2.24, 2.45) is 5.92 Å². The highest BCUT2D eigenvalue weighted by molar-refractivity contribution is 7.89. The summed E-state index contributed by atoms with van der Waals surface area (Å²) >= 11 is 0. The van der Waals surface area contributed by atoms with Gasteiger partial charge in [0.2, 0.25) is 10.0 Å². The summed E-state index contributed by atoms with van der Waals surface area (Å²) in [6.45, 7) is 3.74. The predicted octanol–water partition coefficient (Wildman–Crippen LogP) is 0.360. The Morgan fingerprint density at radius 3 is 2.64 bits per heavy atom. The molecule has 7 nitrogen and oxygen atoms in total. The van der Waals surface area contributed by atoms with E-state index in [0.717, 1.165) is 5.56 Å². The fraction of sp³-hybridized carbons (Fsp3) is 0.429. The molecule has 0 saturated carbocycles. The third kappa shape index (κ3) is 3.28. The Morgan fingerprint density at radius 1 is 1.36 bits per heavy atom. The first-order valence-electron chi connectivity index (χ1n) is 6.88. The molecule has 0 unspecified atom stereocenters. The standard InChI is InChI=1S/C14H18N2O5S/c1-8(2)12(14(18)19)16-22(20,21)10-4-3-9-5-6-15-13(17)11(9)7-10/h3-4,7-8,12,16H,5-6H2,1-2H3,(H,15,17)(H,18,19)/t12-/m1/s1. The molecule has 8 heteroatoms. The summed E-state index contributed by atoms with van der Waals surface area (Å²) in [4.78, 5) is 22.8. The first-order chi connectivity index (χ1) is 10.2. The molecule has 0 aromatic heterocycles. The number of amides is 1. The van der Waals surface area contributed by atoms with E-state index < -0.39 is 28.0 Å². The van der Waals surface area contributed by atoms with Crippen LogP contribution in [0.4, 0.5) is 0 Å². The molecule has 3 N–H and O–H groups in total. The number of carbonyl (C=O) groups excluding carboxylic acids is 1. The molecule has 0 saturated heterocycles. The van der Waals surface area contributed by atoms with Gasteiger partial charge in [-0.2, -0.15) is 4.72 Å². The summed E-state index contributed by atoms with van der Waals surface area (Å²) in [5, 5.41) is 11.7. The van der Waals surface area contributed by atoms with Crippen LogP contribution in [0.5, 0.6) is 0 Å². The van der Waals surface area contributed by atoms with Crippen LogP contribution in [-0.2, 0) is 21.2 Å². The minimum Gasteiger partial charge on any atom is -0.480 e. The van der Waals surface area contributed by atoms with Crippen LogP contribution in [0.1, 0.15) is 29.8 Å². The number of carbonyl (C=O) groups is 2. The lowest BCUT2D eigenvalue weighted by atomic mass is 10.0. The molecule has 0 spiro atoms. The molecule has 1 aliphatic heterocycles. The van der Waals surface area contributed by atoms with Crippen LogP contribution in [-0.4, -0.2) is 38.0 Å². The van der Waals surface area contributed by atoms with Crippen molar-refractivity contribution in [3.63, 3.8) is 0 Å². The number of carboxylic acid groups (broad SMARTS) is 1. The van der Waals surface area contributed by atoms with Crippen LogP contribution in [0.2, 0.25) is 0 Å². The lowest BCUT2D eigenvalue weighted by Gasteiger charge is -2.20. The molecule has 1 aromatic rings. The largest absolute Gasteiger partial charge is 0.480 e. The molecule has 1 aliphatic rings. The van der Waals surface area contributed by atoms with E-state index in [0.29, 0.717) is 18.5 Å². The first-order valence-corrected chi connectivity index (χ1v) is 8.37. The topological polar surface area (TPSA) is 113 Å². The zero-order valence-corrected chi connectivity index (χ0v) is 13.1. The fourth-order valence-electron chi connectivity index (χ4n) is 2.26. The van der Waals surface area contributed by atoms with E-state index >= 15 is 0 Å². The van der Waals surface area contributed by atoms with Crippen molar-refractivity contribution in [2.45, 2.75) is 31.2 Å². The van der Waals surface area contributed by atoms with Gasteiger partial charge in [-0.3, -0.25) is 9.59 Å². The van der Waals surface area contributed by atoms with Crippen molar-refractivity contribution >= 4 is 21.9 Å². The third-order valence-corrected chi connectivity index (χ3v) is 4.97. The van der Waals surface area contributed by atoms with Crippen molar-refractivity contribution < 1.29 is 23.1 Å². The number of rotatable bonds is 5. The monoisotopic (exact) mass is 326 g/mol. The molecule has 120 valence electrons. The van der Waals surface area contributed by atoms with Crippen LogP contribution >= 0.6 is 0 Å². The number of hydrogen-bond acceptors (Lipinski definition) is 4. The van der Waals surface area contributed by atoms with Gasteiger partial charge in [-0.15, -0.1) is 0 Å². The third-order valence-electron chi connectivity index (χ3n) is 3.53. The highest BCUT2D eigenvalue weighted by atomic mass is 32.2. The van der Waals surface area contributed by atoms with Crippen LogP contribution in [0.3, 0.4) is 0 Å². The second kappa shape index (κ2) is 6.05. The van der Waals surface area contributed by atoms with Gasteiger partial charge in [0, 0.05) is 12.1 Å². The maximum Gasteiger partial charge on any atom is 0.322 e. The molecular weight excluding hydrogens is 308 g/mol. The fourth-order valence-corrected chi connectivity index (χ4v) is 3.63. The van der Waals surface area contributed by atoms with Gasteiger partial charge in [0.1, 0.15) is 6.04 Å². The van der Waals surface area contributed by atoms with E-state index in [1.165, 1.54) is 12.1 Å². The molecule has 0 bridgehead atoms. The zero-order valence-electron chi connectivity index (χ0n) is 12.3. The smallest absolute Gasteiger partial charge is 0.322 e. The number of aliphatic carboxylic acids is 1. The Kier molecular flexibility index (Phi) is 4.52. The van der Waals surface area contributed by atoms with Crippen LogP contribution < -0.4 is 10.0 Å². The van der Waals surface area contributed by atoms with Crippen LogP contribution in [0.25, 0.3) is 0 Å². The molecule has 1 amide bonds. The van der Waals surface area contributed by atoms with Crippen molar-refractivity contribution in [3.05, 3.63) is 29.3 Å². The van der Waals surface area contributed by atoms with Gasteiger partial charge in [0.25, 0.3) is 5.91 Å². The van der Waals surface area contributed by atoms with Gasteiger partial charge >= 0.3 is 5.97 Å². The van der Waals surface area contributed by atoms with Crippen molar-refractivity contribution in [1.82, 2.24) is 10.0 Å². The lowest BCUT2D eigenvalue weighted by Crippen LogP contribution is -2.44. The highest BCUT2D eigenvalue weighted by Gasteiger charge is 2.29. The van der Waals surface area contributed by atoms with Gasteiger partial charge in [-0.25, -0.2) is 8.42 Å². The summed E-state index contributed by atoms with van der Waals surface area (Å²) in [6, 6.07) is 3.04. The van der Waals surface area contributed by atoms with Crippen LogP contribution in [0.15, 0.2) is 23.1 Å². The van der Waals surface area contributed by atoms with E-state index in [9.17, 15) is 18.0 Å². The number of fused-ring (bicyclic) bond motifs is 1. The molecule has 0 aliphatic carbocycles. The molecule has 1 aromatic carbocycles.